The van der Waals surface area contributed by atoms with Crippen LogP contribution in [0.3, 0.4) is 0 Å². The van der Waals surface area contributed by atoms with Crippen LogP contribution in [0.2, 0.25) is 0 Å². The molecule has 2 aliphatic rings. The fourth-order valence-corrected chi connectivity index (χ4v) is 3.14. The molecule has 2 heteroatoms. The summed E-state index contributed by atoms with van der Waals surface area (Å²) < 4.78 is 0. The molecular weight excluding hydrogens is 162 g/mol. The largest absolute Gasteiger partial charge is 0.366 e. The van der Waals surface area contributed by atoms with E-state index in [4.69, 9.17) is 5.73 Å². The molecule has 2 fully saturated rings. The molecule has 2 nitrogen and oxygen atoms in total. The lowest BCUT2D eigenvalue weighted by atomic mass is 9.72. The van der Waals surface area contributed by atoms with Crippen LogP contribution in [0, 0.1) is 17.3 Å². The molecule has 0 aromatic heterocycles. The number of carbonyl (C=O) groups is 1. The van der Waals surface area contributed by atoms with Gasteiger partial charge >= 0.3 is 0 Å². The Hall–Kier alpha value is -0.790. The van der Waals surface area contributed by atoms with Crippen LogP contribution in [0.4, 0.5) is 0 Å². The topological polar surface area (TPSA) is 43.1 Å². The summed E-state index contributed by atoms with van der Waals surface area (Å²) in [4.78, 5) is 10.9. The van der Waals surface area contributed by atoms with E-state index < -0.39 is 0 Å². The zero-order chi connectivity index (χ0) is 9.64. The molecule has 1 amide bonds. The van der Waals surface area contributed by atoms with Gasteiger partial charge < -0.3 is 5.73 Å². The van der Waals surface area contributed by atoms with Gasteiger partial charge in [0.25, 0.3) is 0 Å². The maximum absolute atomic E-state index is 10.9. The molecule has 0 aromatic rings. The normalized spacial score (nSPS) is 38.5. The van der Waals surface area contributed by atoms with Gasteiger partial charge in [0.2, 0.25) is 5.91 Å². The van der Waals surface area contributed by atoms with Crippen molar-refractivity contribution in [1.29, 1.82) is 0 Å². The van der Waals surface area contributed by atoms with Crippen LogP contribution in [0.25, 0.3) is 0 Å². The number of fused-ring (bicyclic) bond motifs is 2. The number of amides is 1. The third kappa shape index (κ3) is 1.19. The number of primary amides is 1. The predicted molar refractivity (Wildman–Crippen MR) is 51.9 cm³/mol. The van der Waals surface area contributed by atoms with Gasteiger partial charge in [-0.15, -0.1) is 0 Å². The molecule has 0 radical (unpaired) electrons. The van der Waals surface area contributed by atoms with E-state index >= 15 is 0 Å². The van der Waals surface area contributed by atoms with Gasteiger partial charge in [0.05, 0.1) is 0 Å². The van der Waals surface area contributed by atoms with Gasteiger partial charge in [-0.3, -0.25) is 4.79 Å². The molecule has 0 aliphatic heterocycles. The molecule has 0 spiro atoms. The Morgan fingerprint density at radius 1 is 1.54 bits per heavy atom. The summed E-state index contributed by atoms with van der Waals surface area (Å²) in [5.74, 6) is 1.14. The molecule has 2 atom stereocenters. The lowest BCUT2D eigenvalue weighted by Gasteiger charge is -2.32. The Morgan fingerprint density at radius 2 is 2.23 bits per heavy atom. The summed E-state index contributed by atoms with van der Waals surface area (Å²) in [5, 5.41) is 0. The standard InChI is InChI=1S/C11H17NO/c1-11(2)8-4-3-7(5-8)9(11)6-10(12)13/h6-8H,3-5H2,1-2H3,(H2,12,13)/b9-6+/t7-,8+/m0/s1. The zero-order valence-corrected chi connectivity index (χ0v) is 8.34. The van der Waals surface area contributed by atoms with Crippen LogP contribution in [0.15, 0.2) is 11.6 Å². The highest BCUT2D eigenvalue weighted by Gasteiger charge is 2.48. The Bertz CT molecular complexity index is 278. The summed E-state index contributed by atoms with van der Waals surface area (Å²) in [7, 11) is 0. The quantitative estimate of drug-likeness (QED) is 0.613. The predicted octanol–water partition coefficient (Wildman–Crippen LogP) is 1.85. The molecular formula is C11H17NO. The number of allylic oxidation sites excluding steroid dienone is 1. The van der Waals surface area contributed by atoms with Gasteiger partial charge in [0, 0.05) is 6.08 Å². The average molecular weight is 179 g/mol. The maximum atomic E-state index is 10.9. The second-order valence-electron chi connectivity index (χ2n) is 4.93. The van der Waals surface area contributed by atoms with Gasteiger partial charge in [-0.25, -0.2) is 0 Å². The molecule has 0 unspecified atom stereocenters. The van der Waals surface area contributed by atoms with Crippen molar-refractivity contribution in [3.63, 3.8) is 0 Å². The Labute approximate surface area is 79.2 Å². The lowest BCUT2D eigenvalue weighted by Crippen LogP contribution is -2.24. The third-order valence-corrected chi connectivity index (χ3v) is 3.93. The molecule has 0 aromatic carbocycles. The van der Waals surface area contributed by atoms with Gasteiger partial charge in [-0.2, -0.15) is 0 Å². The molecule has 2 bridgehead atoms. The second-order valence-corrected chi connectivity index (χ2v) is 4.93. The number of carbonyl (C=O) groups excluding carboxylic acids is 1. The summed E-state index contributed by atoms with van der Waals surface area (Å²) in [5.41, 5.74) is 6.73. The minimum absolute atomic E-state index is 0.220. The van der Waals surface area contributed by atoms with Crippen molar-refractivity contribution in [3.8, 4) is 0 Å². The average Bonchev–Trinajstić information content (AvgIpc) is 2.53. The first kappa shape index (κ1) is 8.79. The van der Waals surface area contributed by atoms with Crippen molar-refractivity contribution in [2.45, 2.75) is 33.1 Å². The highest BCUT2D eigenvalue weighted by molar-refractivity contribution is 5.87. The van der Waals surface area contributed by atoms with Crippen LogP contribution >= 0.6 is 0 Å². The van der Waals surface area contributed by atoms with Crippen molar-refractivity contribution < 1.29 is 4.79 Å². The van der Waals surface area contributed by atoms with Crippen molar-refractivity contribution >= 4 is 5.91 Å². The highest BCUT2D eigenvalue weighted by Crippen LogP contribution is 2.58. The van der Waals surface area contributed by atoms with Crippen LogP contribution in [-0.4, -0.2) is 5.91 Å². The molecule has 2 N–H and O–H groups in total. The molecule has 72 valence electrons. The first-order chi connectivity index (χ1) is 6.01. The first-order valence-corrected chi connectivity index (χ1v) is 5.03. The van der Waals surface area contributed by atoms with Gasteiger partial charge in [-0.1, -0.05) is 19.4 Å². The second kappa shape index (κ2) is 2.60. The molecule has 0 saturated heterocycles. The van der Waals surface area contributed by atoms with Gasteiger partial charge in [0.15, 0.2) is 0 Å². The van der Waals surface area contributed by atoms with Crippen LogP contribution < -0.4 is 5.73 Å². The molecule has 13 heavy (non-hydrogen) atoms. The van der Waals surface area contributed by atoms with E-state index in [1.165, 1.54) is 24.8 Å². The monoisotopic (exact) mass is 179 g/mol. The van der Waals surface area contributed by atoms with E-state index in [-0.39, 0.29) is 11.3 Å². The van der Waals surface area contributed by atoms with Gasteiger partial charge in [-0.05, 0) is 36.5 Å². The molecule has 2 aliphatic carbocycles. The number of hydrogen-bond acceptors (Lipinski definition) is 1. The van der Waals surface area contributed by atoms with E-state index in [9.17, 15) is 4.79 Å². The summed E-state index contributed by atoms with van der Waals surface area (Å²) in [6.07, 6.45) is 5.52. The first-order valence-electron chi connectivity index (χ1n) is 5.03. The Kier molecular flexibility index (Phi) is 1.76. The van der Waals surface area contributed by atoms with Gasteiger partial charge in [0.1, 0.15) is 0 Å². The van der Waals surface area contributed by atoms with Crippen LogP contribution in [0.1, 0.15) is 33.1 Å². The van der Waals surface area contributed by atoms with Crippen molar-refractivity contribution in [3.05, 3.63) is 11.6 Å². The summed E-state index contributed by atoms with van der Waals surface area (Å²) >= 11 is 0. The Balaban J connectivity index is 2.34. The summed E-state index contributed by atoms with van der Waals surface area (Å²) in [6.45, 7) is 4.48. The van der Waals surface area contributed by atoms with E-state index in [0.29, 0.717) is 5.92 Å². The molecule has 0 heterocycles. The van der Waals surface area contributed by atoms with E-state index in [1.807, 2.05) is 0 Å². The lowest BCUT2D eigenvalue weighted by molar-refractivity contribution is -0.113. The minimum Gasteiger partial charge on any atom is -0.366 e. The van der Waals surface area contributed by atoms with E-state index in [1.54, 1.807) is 6.08 Å². The third-order valence-electron chi connectivity index (χ3n) is 3.93. The summed E-state index contributed by atoms with van der Waals surface area (Å²) in [6, 6.07) is 0. The minimum atomic E-state index is -0.282. The van der Waals surface area contributed by atoms with E-state index in [2.05, 4.69) is 13.8 Å². The molecule has 2 rings (SSSR count). The number of hydrogen-bond donors (Lipinski definition) is 1. The SMILES string of the molecule is CC1(C)/C(=C/C(N)=O)[C@H]2CC[C@@H]1C2. The van der Waals surface area contributed by atoms with Crippen LogP contribution in [-0.2, 0) is 4.79 Å². The maximum Gasteiger partial charge on any atom is 0.241 e. The molecule has 2 saturated carbocycles. The van der Waals surface area contributed by atoms with Crippen molar-refractivity contribution in [2.75, 3.05) is 0 Å². The number of nitrogens with two attached hydrogens (primary N) is 1. The fourth-order valence-electron chi connectivity index (χ4n) is 3.14. The van der Waals surface area contributed by atoms with E-state index in [0.717, 1.165) is 5.92 Å². The zero-order valence-electron chi connectivity index (χ0n) is 8.34. The Morgan fingerprint density at radius 3 is 2.69 bits per heavy atom. The fraction of sp³-hybridized carbons (Fsp3) is 0.727. The highest BCUT2D eigenvalue weighted by atomic mass is 16.1. The smallest absolute Gasteiger partial charge is 0.241 e. The van der Waals surface area contributed by atoms with Crippen molar-refractivity contribution in [2.24, 2.45) is 23.0 Å². The van der Waals surface area contributed by atoms with Crippen molar-refractivity contribution in [1.82, 2.24) is 0 Å². The number of rotatable bonds is 1. The van der Waals surface area contributed by atoms with Crippen LogP contribution in [0.5, 0.6) is 0 Å².